The first kappa shape index (κ1) is 21.6. The lowest BCUT2D eigenvalue weighted by Gasteiger charge is -2.13. The highest BCUT2D eigenvalue weighted by molar-refractivity contribution is 6.06. The molecule has 2 aromatic carbocycles. The number of para-hydroxylation sites is 1. The molecule has 9 heteroatoms. The molecule has 1 atom stereocenters. The van der Waals surface area contributed by atoms with Gasteiger partial charge in [-0.05, 0) is 19.4 Å². The fourth-order valence-corrected chi connectivity index (χ4v) is 3.96. The molecule has 0 aliphatic carbocycles. The monoisotopic (exact) mass is 456 g/mol. The van der Waals surface area contributed by atoms with Crippen LogP contribution in [0.1, 0.15) is 26.2 Å². The molecule has 0 bridgehead atoms. The number of carbonyl (C=O) groups is 1. The Labute approximate surface area is 195 Å². The van der Waals surface area contributed by atoms with Gasteiger partial charge in [-0.1, -0.05) is 60.6 Å². The van der Waals surface area contributed by atoms with Crippen molar-refractivity contribution in [3.63, 3.8) is 0 Å². The van der Waals surface area contributed by atoms with Gasteiger partial charge in [-0.2, -0.15) is 4.98 Å². The molecule has 5 rings (SSSR count). The molecule has 34 heavy (non-hydrogen) atoms. The summed E-state index contributed by atoms with van der Waals surface area (Å²) in [6.07, 6.45) is 2.30. The van der Waals surface area contributed by atoms with Crippen molar-refractivity contribution in [2.75, 3.05) is 0 Å². The molecule has 172 valence electrons. The van der Waals surface area contributed by atoms with E-state index in [1.165, 1.54) is 10.9 Å². The maximum Gasteiger partial charge on any atom is 0.278 e. The summed E-state index contributed by atoms with van der Waals surface area (Å²) in [5.74, 6) is 0.587. The van der Waals surface area contributed by atoms with E-state index in [0.29, 0.717) is 22.7 Å². The highest BCUT2D eigenvalue weighted by Gasteiger charge is 2.19. The standard InChI is InChI=1S/C25H24N6O3/c1-3-16(2)27-20(32)13-31-19-12-8-7-11-18(19)22-23(31)25(33)30(15-26-22)14-21-28-24(29-34-21)17-9-5-4-6-10-17/h4-12,15-16H,3,13-14H2,1-2H3,(H,27,32)/t16-/m1/s1. The zero-order chi connectivity index (χ0) is 23.7. The summed E-state index contributed by atoms with van der Waals surface area (Å²) in [6.45, 7) is 4.05. The van der Waals surface area contributed by atoms with E-state index in [0.717, 1.165) is 22.9 Å². The van der Waals surface area contributed by atoms with Crippen molar-refractivity contribution >= 4 is 27.8 Å². The molecule has 3 aromatic heterocycles. The van der Waals surface area contributed by atoms with Crippen molar-refractivity contribution in [3.8, 4) is 11.4 Å². The Morgan fingerprint density at radius 3 is 2.68 bits per heavy atom. The van der Waals surface area contributed by atoms with Gasteiger partial charge in [0.1, 0.15) is 24.1 Å². The Balaban J connectivity index is 1.54. The second-order valence-corrected chi connectivity index (χ2v) is 8.23. The molecular weight excluding hydrogens is 432 g/mol. The largest absolute Gasteiger partial charge is 0.352 e. The summed E-state index contributed by atoms with van der Waals surface area (Å²) >= 11 is 0. The number of fused-ring (bicyclic) bond motifs is 3. The molecule has 0 spiro atoms. The highest BCUT2D eigenvalue weighted by Crippen LogP contribution is 2.25. The Kier molecular flexibility index (Phi) is 5.67. The molecule has 1 amide bonds. The van der Waals surface area contributed by atoms with Crippen LogP contribution in [0, 0.1) is 0 Å². The number of amides is 1. The first-order valence-corrected chi connectivity index (χ1v) is 11.2. The second kappa shape index (κ2) is 8.93. The maximum absolute atomic E-state index is 13.5. The average Bonchev–Trinajstić information content (AvgIpc) is 3.45. The van der Waals surface area contributed by atoms with Gasteiger partial charge in [-0.3, -0.25) is 14.2 Å². The van der Waals surface area contributed by atoms with E-state index in [1.807, 2.05) is 68.4 Å². The third-order valence-corrected chi connectivity index (χ3v) is 5.86. The van der Waals surface area contributed by atoms with Crippen molar-refractivity contribution in [1.82, 2.24) is 29.6 Å². The van der Waals surface area contributed by atoms with Gasteiger partial charge in [0.25, 0.3) is 5.56 Å². The molecule has 0 saturated carbocycles. The predicted molar refractivity (Wildman–Crippen MR) is 128 cm³/mol. The Morgan fingerprint density at radius 2 is 1.88 bits per heavy atom. The van der Waals surface area contributed by atoms with Crippen LogP contribution in [-0.4, -0.2) is 36.2 Å². The number of benzene rings is 2. The maximum atomic E-state index is 13.5. The van der Waals surface area contributed by atoms with E-state index >= 15 is 0 Å². The quantitative estimate of drug-likeness (QED) is 0.402. The van der Waals surface area contributed by atoms with Crippen molar-refractivity contribution < 1.29 is 9.32 Å². The number of nitrogens with zero attached hydrogens (tertiary/aromatic N) is 5. The molecule has 3 heterocycles. The van der Waals surface area contributed by atoms with Gasteiger partial charge in [0.15, 0.2) is 0 Å². The van der Waals surface area contributed by atoms with E-state index in [2.05, 4.69) is 20.4 Å². The SMILES string of the molecule is CC[C@@H](C)NC(=O)Cn1c2ccccc2c2ncn(Cc3nc(-c4ccccc4)no3)c(=O)c21. The zero-order valence-corrected chi connectivity index (χ0v) is 18.9. The molecule has 0 fully saturated rings. The lowest BCUT2D eigenvalue weighted by Crippen LogP contribution is -2.35. The highest BCUT2D eigenvalue weighted by atomic mass is 16.5. The number of hydrogen-bond acceptors (Lipinski definition) is 6. The molecule has 5 aromatic rings. The zero-order valence-electron chi connectivity index (χ0n) is 18.9. The average molecular weight is 457 g/mol. The minimum Gasteiger partial charge on any atom is -0.352 e. The molecular formula is C25H24N6O3. The van der Waals surface area contributed by atoms with Gasteiger partial charge >= 0.3 is 0 Å². The van der Waals surface area contributed by atoms with Crippen LogP contribution < -0.4 is 10.9 Å². The van der Waals surface area contributed by atoms with Crippen LogP contribution in [0.25, 0.3) is 33.3 Å². The molecule has 0 aliphatic heterocycles. The number of rotatable bonds is 7. The number of hydrogen-bond donors (Lipinski definition) is 1. The molecule has 0 unspecified atom stereocenters. The van der Waals surface area contributed by atoms with Crippen LogP contribution in [0.5, 0.6) is 0 Å². The first-order valence-electron chi connectivity index (χ1n) is 11.2. The van der Waals surface area contributed by atoms with Crippen LogP contribution >= 0.6 is 0 Å². The van der Waals surface area contributed by atoms with Crippen LogP contribution in [0.15, 0.2) is 70.2 Å². The van der Waals surface area contributed by atoms with Gasteiger partial charge in [-0.25, -0.2) is 4.98 Å². The van der Waals surface area contributed by atoms with Gasteiger partial charge < -0.3 is 14.4 Å². The van der Waals surface area contributed by atoms with E-state index in [9.17, 15) is 9.59 Å². The first-order chi connectivity index (χ1) is 16.5. The van der Waals surface area contributed by atoms with Crippen LogP contribution in [-0.2, 0) is 17.9 Å². The molecule has 1 N–H and O–H groups in total. The summed E-state index contributed by atoms with van der Waals surface area (Å²) in [5, 5.41) is 7.81. The Bertz CT molecular complexity index is 1530. The van der Waals surface area contributed by atoms with Gasteiger partial charge in [0.2, 0.25) is 17.6 Å². The van der Waals surface area contributed by atoms with E-state index in [4.69, 9.17) is 4.52 Å². The van der Waals surface area contributed by atoms with Crippen LogP contribution in [0.2, 0.25) is 0 Å². The normalized spacial score (nSPS) is 12.3. The third-order valence-electron chi connectivity index (χ3n) is 5.86. The van der Waals surface area contributed by atoms with Crippen LogP contribution in [0.4, 0.5) is 0 Å². The fourth-order valence-electron chi connectivity index (χ4n) is 3.96. The molecule has 0 aliphatic rings. The summed E-state index contributed by atoms with van der Waals surface area (Å²) in [6, 6.07) is 17.1. The van der Waals surface area contributed by atoms with Crippen LogP contribution in [0.3, 0.4) is 0 Å². The minimum atomic E-state index is -0.281. The van der Waals surface area contributed by atoms with Gasteiger partial charge in [0.05, 0.1) is 11.8 Å². The minimum absolute atomic E-state index is 0.0218. The lowest BCUT2D eigenvalue weighted by molar-refractivity contribution is -0.122. The Morgan fingerprint density at radius 1 is 1.12 bits per heavy atom. The van der Waals surface area contributed by atoms with Gasteiger partial charge in [0, 0.05) is 17.0 Å². The third kappa shape index (κ3) is 3.96. The topological polar surface area (TPSA) is 108 Å². The van der Waals surface area contributed by atoms with Crippen molar-refractivity contribution in [2.24, 2.45) is 0 Å². The van der Waals surface area contributed by atoms with Crippen molar-refractivity contribution in [1.29, 1.82) is 0 Å². The van der Waals surface area contributed by atoms with Crippen molar-refractivity contribution in [2.45, 2.75) is 39.4 Å². The summed E-state index contributed by atoms with van der Waals surface area (Å²) in [4.78, 5) is 35.2. The summed E-state index contributed by atoms with van der Waals surface area (Å²) in [7, 11) is 0. The van der Waals surface area contributed by atoms with E-state index in [1.54, 1.807) is 4.57 Å². The molecule has 9 nitrogen and oxygen atoms in total. The van der Waals surface area contributed by atoms with Crippen molar-refractivity contribution in [3.05, 3.63) is 77.2 Å². The lowest BCUT2D eigenvalue weighted by atomic mass is 10.2. The number of carbonyl (C=O) groups excluding carboxylic acids is 1. The smallest absolute Gasteiger partial charge is 0.278 e. The van der Waals surface area contributed by atoms with E-state index < -0.39 is 0 Å². The Hall–Kier alpha value is -4.27. The molecule has 0 saturated heterocycles. The number of aromatic nitrogens is 5. The number of nitrogens with one attached hydrogen (secondary N) is 1. The second-order valence-electron chi connectivity index (χ2n) is 8.23. The summed E-state index contributed by atoms with van der Waals surface area (Å²) < 4.78 is 8.54. The fraction of sp³-hybridized carbons (Fsp3) is 0.240. The molecule has 0 radical (unpaired) electrons. The van der Waals surface area contributed by atoms with E-state index in [-0.39, 0.29) is 30.6 Å². The summed E-state index contributed by atoms with van der Waals surface area (Å²) in [5.41, 5.74) is 2.25. The predicted octanol–water partition coefficient (Wildman–Crippen LogP) is 3.36. The van der Waals surface area contributed by atoms with Gasteiger partial charge in [-0.15, -0.1) is 0 Å².